The average Bonchev–Trinajstić information content (AvgIpc) is 3.62. The third kappa shape index (κ3) is 4.77. The van der Waals surface area contributed by atoms with Gasteiger partial charge in [-0.25, -0.2) is 14.8 Å². The molecule has 0 bridgehead atoms. The Morgan fingerprint density at radius 3 is 2.89 bits per heavy atom. The molecule has 2 amide bonds. The predicted octanol–water partition coefficient (Wildman–Crippen LogP) is 2.22. The number of hydrogen-bond acceptors (Lipinski definition) is 13. The summed E-state index contributed by atoms with van der Waals surface area (Å²) in [6.07, 6.45) is 1.04. The fourth-order valence-electron chi connectivity index (χ4n) is 4.00. The van der Waals surface area contributed by atoms with Gasteiger partial charge >= 0.3 is 5.97 Å². The Kier molecular flexibility index (Phi) is 7.17. The van der Waals surface area contributed by atoms with Crippen LogP contribution >= 0.6 is 46.2 Å². The molecule has 13 nitrogen and oxygen atoms in total. The second kappa shape index (κ2) is 10.4. The smallest absolute Gasteiger partial charge is 0.352 e. The van der Waals surface area contributed by atoms with Crippen molar-refractivity contribution in [3.63, 3.8) is 0 Å². The van der Waals surface area contributed by atoms with Crippen molar-refractivity contribution in [1.29, 1.82) is 0 Å². The van der Waals surface area contributed by atoms with E-state index in [-0.39, 0.29) is 34.5 Å². The zero-order valence-corrected chi connectivity index (χ0v) is 23.1. The molecule has 1 fully saturated rings. The number of aryl methyl sites for hydroxylation is 1. The van der Waals surface area contributed by atoms with Crippen molar-refractivity contribution >= 4 is 75.3 Å². The summed E-state index contributed by atoms with van der Waals surface area (Å²) in [5.74, 6) is -1.68. The van der Waals surface area contributed by atoms with Gasteiger partial charge in [0.15, 0.2) is 15.8 Å². The number of oxime groups is 1. The van der Waals surface area contributed by atoms with Gasteiger partial charge in [-0.15, -0.1) is 27.8 Å². The predicted molar refractivity (Wildman–Crippen MR) is 145 cm³/mol. The number of rotatable bonds is 9. The number of nitrogens with two attached hydrogens (primary N) is 1. The molecule has 5 N–H and O–H groups in total. The van der Waals surface area contributed by atoms with E-state index in [0.29, 0.717) is 16.7 Å². The lowest BCUT2D eigenvalue weighted by Gasteiger charge is -2.51. The maximum Gasteiger partial charge on any atom is 0.352 e. The molecule has 3 aromatic rings. The van der Waals surface area contributed by atoms with Crippen LogP contribution in [0.4, 0.5) is 5.13 Å². The lowest BCUT2D eigenvalue weighted by molar-refractivity contribution is -0.146. The molecule has 2 atom stereocenters. The van der Waals surface area contributed by atoms with E-state index in [0.717, 1.165) is 39.1 Å². The first-order valence-corrected chi connectivity index (χ1v) is 14.5. The summed E-state index contributed by atoms with van der Waals surface area (Å²) in [6, 6.07) is 3.91. The Hall–Kier alpha value is -3.41. The van der Waals surface area contributed by atoms with Crippen LogP contribution in [0.5, 0.6) is 0 Å². The van der Waals surface area contributed by atoms with E-state index in [1.165, 1.54) is 23.8 Å². The number of anilines is 1. The highest BCUT2D eigenvalue weighted by Crippen LogP contribution is 2.55. The molecular formula is C21H20N8O5S4. The average molecular weight is 593 g/mol. The van der Waals surface area contributed by atoms with Crippen molar-refractivity contribution in [2.45, 2.75) is 28.7 Å². The second-order valence-corrected chi connectivity index (χ2v) is 12.5. The number of thioether (sulfide) groups is 2. The Bertz CT molecular complexity index is 1480. The number of thiophene rings is 1. The van der Waals surface area contributed by atoms with Crippen molar-refractivity contribution in [2.24, 2.45) is 5.16 Å². The minimum absolute atomic E-state index is 0.0189. The molecule has 198 valence electrons. The highest BCUT2D eigenvalue weighted by atomic mass is 32.2. The first-order chi connectivity index (χ1) is 18.2. The van der Waals surface area contributed by atoms with E-state index in [1.807, 2.05) is 19.1 Å². The van der Waals surface area contributed by atoms with Gasteiger partial charge in [-0.3, -0.25) is 19.6 Å². The van der Waals surface area contributed by atoms with Crippen molar-refractivity contribution in [3.8, 4) is 10.7 Å². The number of carbonyl (C=O) groups excluding carboxylic acids is 2. The number of thiazole rings is 1. The van der Waals surface area contributed by atoms with Gasteiger partial charge in [-0.1, -0.05) is 28.7 Å². The molecule has 0 aliphatic carbocycles. The molecule has 2 aliphatic rings. The number of aromatic amines is 1. The number of carboxylic acid groups (broad SMARTS) is 1. The van der Waals surface area contributed by atoms with E-state index in [2.05, 4.69) is 35.5 Å². The summed E-state index contributed by atoms with van der Waals surface area (Å²) in [7, 11) is 1.29. The number of carbonyl (C=O) groups is 3. The SMILES string of the molecule is CON=CC(=O)NC1(c2csc(N)n2)S[C@H]2CC(=O)N2C(C(=O)O)=C1CSc1n[nH]c(-c2ccc(C)s2)n1. The van der Waals surface area contributed by atoms with Crippen LogP contribution in [-0.4, -0.2) is 72.4 Å². The van der Waals surface area contributed by atoms with Crippen LogP contribution in [0.1, 0.15) is 17.0 Å². The Morgan fingerprint density at radius 1 is 1.45 bits per heavy atom. The molecule has 0 saturated carbocycles. The fourth-order valence-corrected chi connectivity index (χ4v) is 8.14. The number of amides is 2. The van der Waals surface area contributed by atoms with Gasteiger partial charge < -0.3 is 21.0 Å². The van der Waals surface area contributed by atoms with Crippen molar-refractivity contribution in [2.75, 3.05) is 18.6 Å². The van der Waals surface area contributed by atoms with Crippen molar-refractivity contribution < 1.29 is 24.3 Å². The minimum Gasteiger partial charge on any atom is -0.477 e. The minimum atomic E-state index is -1.46. The third-order valence-electron chi connectivity index (χ3n) is 5.61. The standard InChI is InChI=1S/C21H20N8O5S4/c1-9-3-4-11(37-9)17-25-20(28-27-17)36-7-10-16(18(32)33)29-14(31)5-15(29)38-21(10,12-8-35-19(22)24-12)26-13(30)6-23-34-2/h3-4,6,8,15H,5,7H2,1-2H3,(H2,22,24)(H,26,30)(H,32,33)(H,25,27,28)/t15-,21?/m0/s1. The number of nitrogen functional groups attached to an aromatic ring is 1. The molecule has 0 aromatic carbocycles. The molecule has 1 unspecified atom stereocenters. The number of β-lactam (4-membered cyclic amide) rings is 1. The third-order valence-corrected chi connectivity index (χ3v) is 9.73. The molecule has 1 saturated heterocycles. The van der Waals surface area contributed by atoms with Crippen LogP contribution in [-0.2, 0) is 24.1 Å². The zero-order valence-electron chi connectivity index (χ0n) is 19.8. The summed E-state index contributed by atoms with van der Waals surface area (Å²) in [5.41, 5.74) is 6.27. The molecular weight excluding hydrogens is 573 g/mol. The molecule has 0 spiro atoms. The van der Waals surface area contributed by atoms with Crippen molar-refractivity contribution in [1.82, 2.24) is 30.4 Å². The summed E-state index contributed by atoms with van der Waals surface area (Å²) in [6.45, 7) is 1.99. The number of nitrogens with one attached hydrogen (secondary N) is 2. The first kappa shape index (κ1) is 26.2. The van der Waals surface area contributed by atoms with Gasteiger partial charge in [0, 0.05) is 21.6 Å². The van der Waals surface area contributed by atoms with E-state index < -0.39 is 22.1 Å². The van der Waals surface area contributed by atoms with Gasteiger partial charge in [0.05, 0.1) is 22.4 Å². The number of H-pyrrole nitrogens is 1. The summed E-state index contributed by atoms with van der Waals surface area (Å²) in [4.78, 5) is 53.3. The zero-order chi connectivity index (χ0) is 27.0. The number of aromatic nitrogens is 4. The fraction of sp³-hybridized carbons (Fsp3) is 0.286. The molecule has 3 aromatic heterocycles. The monoisotopic (exact) mass is 592 g/mol. The molecule has 0 radical (unpaired) electrons. The van der Waals surface area contributed by atoms with Gasteiger partial charge in [0.1, 0.15) is 19.0 Å². The molecule has 5 heterocycles. The molecule has 5 rings (SSSR count). The van der Waals surface area contributed by atoms with Crippen LogP contribution in [0.25, 0.3) is 10.7 Å². The molecule has 38 heavy (non-hydrogen) atoms. The van der Waals surface area contributed by atoms with Crippen LogP contribution in [0.2, 0.25) is 0 Å². The maximum atomic E-state index is 12.9. The number of hydrogen-bond donors (Lipinski definition) is 4. The van der Waals surface area contributed by atoms with Gasteiger partial charge in [0.25, 0.3) is 5.91 Å². The summed E-state index contributed by atoms with van der Waals surface area (Å²) < 4.78 is 0. The van der Waals surface area contributed by atoms with Crippen molar-refractivity contribution in [3.05, 3.63) is 39.4 Å². The van der Waals surface area contributed by atoms with E-state index in [4.69, 9.17) is 5.73 Å². The summed E-state index contributed by atoms with van der Waals surface area (Å²) >= 11 is 5.08. The van der Waals surface area contributed by atoms with Crippen LogP contribution in [0, 0.1) is 6.92 Å². The molecule has 2 aliphatic heterocycles. The van der Waals surface area contributed by atoms with Crippen LogP contribution < -0.4 is 11.1 Å². The maximum absolute atomic E-state index is 12.9. The lowest BCUT2D eigenvalue weighted by atomic mass is 9.98. The number of fused-ring (bicyclic) bond motifs is 1. The van der Waals surface area contributed by atoms with E-state index in [9.17, 15) is 19.5 Å². The van der Waals surface area contributed by atoms with Crippen LogP contribution in [0.15, 0.2) is 39.1 Å². The van der Waals surface area contributed by atoms with E-state index >= 15 is 0 Å². The highest BCUT2D eigenvalue weighted by molar-refractivity contribution is 8.01. The van der Waals surface area contributed by atoms with Gasteiger partial charge in [-0.05, 0) is 19.1 Å². The number of nitrogens with zero attached hydrogens (tertiary/aromatic N) is 5. The quantitative estimate of drug-likeness (QED) is 0.123. The van der Waals surface area contributed by atoms with E-state index in [1.54, 1.807) is 16.7 Å². The highest BCUT2D eigenvalue weighted by Gasteiger charge is 2.56. The number of carboxylic acids is 1. The largest absolute Gasteiger partial charge is 0.477 e. The van der Waals surface area contributed by atoms with Crippen LogP contribution in [0.3, 0.4) is 0 Å². The lowest BCUT2D eigenvalue weighted by Crippen LogP contribution is -2.61. The molecule has 17 heteroatoms. The normalized spacial score (nSPS) is 20.9. The topological polar surface area (TPSA) is 189 Å². The Balaban J connectivity index is 1.58. The van der Waals surface area contributed by atoms with Gasteiger partial charge in [0.2, 0.25) is 11.1 Å². The number of aliphatic carboxylic acids is 1. The Morgan fingerprint density at radius 2 is 2.26 bits per heavy atom. The first-order valence-electron chi connectivity index (χ1n) is 10.9. The second-order valence-electron chi connectivity index (χ2n) is 8.00. The summed E-state index contributed by atoms with van der Waals surface area (Å²) in [5, 5.41) is 25.5. The van der Waals surface area contributed by atoms with Gasteiger partial charge in [-0.2, -0.15) is 0 Å². The Labute approximate surface area is 231 Å².